The molecule has 2 rings (SSSR count). The van der Waals surface area contributed by atoms with Gasteiger partial charge >= 0.3 is 157 Å². The molecule has 0 atom stereocenters. The van der Waals surface area contributed by atoms with Crippen LogP contribution >= 0.6 is 0 Å². The zero-order chi connectivity index (χ0) is 19.6. The summed E-state index contributed by atoms with van der Waals surface area (Å²) in [6, 6.07) is 0. The Labute approximate surface area is 156 Å². The quantitative estimate of drug-likeness (QED) is 0.663. The second kappa shape index (κ2) is 5.72. The first kappa shape index (κ1) is 20.3. The molecule has 0 aliphatic heterocycles. The van der Waals surface area contributed by atoms with Crippen LogP contribution in [0.25, 0.3) is 0 Å². The maximum absolute atomic E-state index is 12.6. The second-order valence-corrected chi connectivity index (χ2v) is 12.1. The topological polar surface area (TPSA) is 74.6 Å². The standard InChI is InChI=1S/C20H30O4Se/c1-17(2)9-19(5,6)15(11(21)13(17)23)25-16-12(22)14(24)18(3,4)10-20(16,7)8/h21-22H,9-10H2,1-8H3. The van der Waals surface area contributed by atoms with E-state index in [-0.39, 0.29) is 33.9 Å². The summed E-state index contributed by atoms with van der Waals surface area (Å²) < 4.78 is 1.37. The van der Waals surface area contributed by atoms with Crippen molar-refractivity contribution in [3.8, 4) is 0 Å². The molecule has 0 aromatic heterocycles. The molecule has 0 saturated carbocycles. The third-order valence-electron chi connectivity index (χ3n) is 5.29. The van der Waals surface area contributed by atoms with Crippen molar-refractivity contribution < 1.29 is 19.8 Å². The van der Waals surface area contributed by atoms with E-state index in [0.29, 0.717) is 21.8 Å². The van der Waals surface area contributed by atoms with Crippen LogP contribution in [0.1, 0.15) is 68.2 Å². The minimum atomic E-state index is -0.608. The summed E-state index contributed by atoms with van der Waals surface area (Å²) in [4.78, 5) is 25.1. The molecular formula is C20H30O4Se. The number of carbonyl (C=O) groups excluding carboxylic acids is 2. The fourth-order valence-corrected chi connectivity index (χ4v) is 7.18. The van der Waals surface area contributed by atoms with Crippen LogP contribution in [-0.2, 0) is 9.59 Å². The molecule has 0 fully saturated rings. The molecule has 0 amide bonds. The Balaban J connectivity index is 2.57. The first-order chi connectivity index (χ1) is 11.0. The van der Waals surface area contributed by atoms with Crippen molar-refractivity contribution in [1.29, 1.82) is 0 Å². The molecule has 5 heteroatoms. The summed E-state index contributed by atoms with van der Waals surface area (Å²) in [5.74, 6) is -0.836. The van der Waals surface area contributed by atoms with E-state index >= 15 is 0 Å². The molecule has 0 bridgehead atoms. The van der Waals surface area contributed by atoms with Gasteiger partial charge in [0.1, 0.15) is 0 Å². The fourth-order valence-electron chi connectivity index (χ4n) is 4.49. The van der Waals surface area contributed by atoms with Crippen LogP contribution in [0.2, 0.25) is 0 Å². The average Bonchev–Trinajstić information content (AvgIpc) is 2.39. The van der Waals surface area contributed by atoms with E-state index < -0.39 is 25.8 Å². The predicted molar refractivity (Wildman–Crippen MR) is 99.4 cm³/mol. The van der Waals surface area contributed by atoms with Crippen LogP contribution in [0.4, 0.5) is 0 Å². The van der Waals surface area contributed by atoms with Crippen LogP contribution in [0, 0.1) is 21.7 Å². The number of aliphatic hydroxyl groups is 2. The summed E-state index contributed by atoms with van der Waals surface area (Å²) >= 11 is -0.459. The number of ketones is 2. The first-order valence-electron chi connectivity index (χ1n) is 8.68. The van der Waals surface area contributed by atoms with Crippen LogP contribution in [0.3, 0.4) is 0 Å². The van der Waals surface area contributed by atoms with Gasteiger partial charge in [0.15, 0.2) is 0 Å². The van der Waals surface area contributed by atoms with Gasteiger partial charge in [-0.15, -0.1) is 0 Å². The number of allylic oxidation sites excluding steroid dienone is 4. The van der Waals surface area contributed by atoms with Crippen LogP contribution in [0.5, 0.6) is 0 Å². The SMILES string of the molecule is CC1(C)CC(C)(C)C([Se]C2=C(O)C(=O)C(C)(C)CC2(C)C)=C(O)C1=O. The number of aliphatic hydroxyl groups excluding tert-OH is 2. The van der Waals surface area contributed by atoms with Crippen molar-refractivity contribution in [3.05, 3.63) is 20.5 Å². The van der Waals surface area contributed by atoms with E-state index in [9.17, 15) is 19.8 Å². The second-order valence-electron chi connectivity index (χ2n) is 10.0. The Morgan fingerprint density at radius 2 is 0.920 bits per heavy atom. The summed E-state index contributed by atoms with van der Waals surface area (Å²) in [7, 11) is 0. The van der Waals surface area contributed by atoms with Crippen molar-refractivity contribution in [1.82, 2.24) is 0 Å². The number of carbonyl (C=O) groups is 2. The van der Waals surface area contributed by atoms with Gasteiger partial charge in [0, 0.05) is 0 Å². The molecule has 2 aliphatic rings. The van der Waals surface area contributed by atoms with Gasteiger partial charge in [0.05, 0.1) is 0 Å². The van der Waals surface area contributed by atoms with Crippen molar-refractivity contribution in [3.63, 3.8) is 0 Å². The van der Waals surface area contributed by atoms with E-state index in [1.807, 2.05) is 55.4 Å². The van der Waals surface area contributed by atoms with E-state index in [1.54, 1.807) is 0 Å². The van der Waals surface area contributed by atoms with Gasteiger partial charge in [-0.25, -0.2) is 0 Å². The van der Waals surface area contributed by atoms with E-state index in [4.69, 9.17) is 0 Å². The van der Waals surface area contributed by atoms with Gasteiger partial charge in [-0.2, -0.15) is 0 Å². The molecule has 0 aromatic rings. The van der Waals surface area contributed by atoms with Gasteiger partial charge < -0.3 is 0 Å². The Morgan fingerprint density at radius 1 is 0.640 bits per heavy atom. The molecule has 0 radical (unpaired) electrons. The molecule has 0 aromatic carbocycles. The third-order valence-corrected chi connectivity index (χ3v) is 9.28. The van der Waals surface area contributed by atoms with Crippen molar-refractivity contribution >= 4 is 26.5 Å². The molecule has 2 N–H and O–H groups in total. The number of hydrogen-bond acceptors (Lipinski definition) is 4. The average molecular weight is 413 g/mol. The minimum absolute atomic E-state index is 0.172. The fraction of sp³-hybridized carbons (Fsp3) is 0.700. The summed E-state index contributed by atoms with van der Waals surface area (Å²) in [6.07, 6.45) is 1.27. The van der Waals surface area contributed by atoms with Crippen molar-refractivity contribution in [2.45, 2.75) is 68.2 Å². The molecule has 0 saturated heterocycles. The number of rotatable bonds is 2. The predicted octanol–water partition coefficient (Wildman–Crippen LogP) is 4.28. The summed E-state index contributed by atoms with van der Waals surface area (Å²) in [5, 5.41) is 21.2. The normalized spacial score (nSPS) is 27.7. The molecule has 4 nitrogen and oxygen atoms in total. The third kappa shape index (κ3) is 3.33. The van der Waals surface area contributed by atoms with Crippen LogP contribution < -0.4 is 0 Å². The Kier molecular flexibility index (Phi) is 4.63. The Hall–Kier alpha value is -1.06. The first-order valence-corrected chi connectivity index (χ1v) is 10.4. The van der Waals surface area contributed by atoms with Gasteiger partial charge in [0.2, 0.25) is 0 Å². The molecule has 0 spiro atoms. The zero-order valence-corrected chi connectivity index (χ0v) is 18.2. The zero-order valence-electron chi connectivity index (χ0n) is 16.5. The van der Waals surface area contributed by atoms with E-state index in [1.165, 1.54) is 0 Å². The Morgan fingerprint density at radius 3 is 1.20 bits per heavy atom. The molecule has 25 heavy (non-hydrogen) atoms. The van der Waals surface area contributed by atoms with E-state index in [2.05, 4.69) is 0 Å². The van der Waals surface area contributed by atoms with Crippen molar-refractivity contribution in [2.24, 2.45) is 21.7 Å². The van der Waals surface area contributed by atoms with Gasteiger partial charge in [-0.05, 0) is 0 Å². The van der Waals surface area contributed by atoms with Gasteiger partial charge in [0.25, 0.3) is 0 Å². The van der Waals surface area contributed by atoms with Crippen LogP contribution in [0.15, 0.2) is 20.5 Å². The monoisotopic (exact) mass is 414 g/mol. The maximum atomic E-state index is 12.6. The Bertz CT molecular complexity index is 645. The summed E-state index contributed by atoms with van der Waals surface area (Å²) in [6.45, 7) is 15.5. The summed E-state index contributed by atoms with van der Waals surface area (Å²) in [5.41, 5.74) is -1.94. The van der Waals surface area contributed by atoms with Gasteiger partial charge in [-0.3, -0.25) is 0 Å². The molecule has 2 aliphatic carbocycles. The molecule has 0 unspecified atom stereocenters. The number of Topliss-reactive ketones (excluding diaryl/α,β-unsaturated/α-hetero) is 2. The number of hydrogen-bond donors (Lipinski definition) is 2. The van der Waals surface area contributed by atoms with Gasteiger partial charge in [-0.1, -0.05) is 0 Å². The molecular weight excluding hydrogens is 383 g/mol. The molecule has 0 heterocycles. The van der Waals surface area contributed by atoms with Crippen molar-refractivity contribution in [2.75, 3.05) is 0 Å². The van der Waals surface area contributed by atoms with E-state index in [0.717, 1.165) is 0 Å². The van der Waals surface area contributed by atoms with Crippen LogP contribution in [-0.4, -0.2) is 36.7 Å². The molecule has 140 valence electrons.